The molecule has 5 heteroatoms. The Hall–Kier alpha value is -1.36. The normalized spacial score (nSPS) is 10.2. The van der Waals surface area contributed by atoms with Gasteiger partial charge in [-0.3, -0.25) is 0 Å². The van der Waals surface area contributed by atoms with E-state index in [0.717, 1.165) is 4.47 Å². The first kappa shape index (κ1) is 8.25. The Labute approximate surface area is 82.9 Å². The van der Waals surface area contributed by atoms with E-state index in [0.29, 0.717) is 5.69 Å². The molecule has 13 heavy (non-hydrogen) atoms. The summed E-state index contributed by atoms with van der Waals surface area (Å²) in [6.45, 7) is 0. The molecule has 0 spiro atoms. The fourth-order valence-electron chi connectivity index (χ4n) is 1.03. The van der Waals surface area contributed by atoms with Gasteiger partial charge in [-0.1, -0.05) is 21.1 Å². The highest BCUT2D eigenvalue weighted by atomic mass is 79.9. The molecule has 0 atom stereocenters. The average Bonchev–Trinajstić information content (AvgIpc) is 2.56. The van der Waals surface area contributed by atoms with E-state index in [-0.39, 0.29) is 5.75 Å². The van der Waals surface area contributed by atoms with Crippen LogP contribution in [-0.2, 0) is 0 Å². The summed E-state index contributed by atoms with van der Waals surface area (Å²) in [5.74, 6) is 0.167. The van der Waals surface area contributed by atoms with Crippen LogP contribution in [0.1, 0.15) is 0 Å². The van der Waals surface area contributed by atoms with Crippen LogP contribution in [0.2, 0.25) is 0 Å². The van der Waals surface area contributed by atoms with Gasteiger partial charge in [0, 0.05) is 4.47 Å². The summed E-state index contributed by atoms with van der Waals surface area (Å²) in [5, 5.41) is 17.0. The number of rotatable bonds is 1. The fourth-order valence-corrected chi connectivity index (χ4v) is 1.38. The Bertz CT molecular complexity index is 413. The summed E-state index contributed by atoms with van der Waals surface area (Å²) in [5.41, 5.74) is 0.612. The Balaban J connectivity index is 2.53. The third-order valence-corrected chi connectivity index (χ3v) is 2.10. The van der Waals surface area contributed by atoms with E-state index in [1.165, 1.54) is 4.68 Å². The molecule has 1 N–H and O–H groups in total. The van der Waals surface area contributed by atoms with E-state index < -0.39 is 0 Å². The van der Waals surface area contributed by atoms with Gasteiger partial charge in [0.1, 0.15) is 11.4 Å². The first-order chi connectivity index (χ1) is 6.27. The summed E-state index contributed by atoms with van der Waals surface area (Å²) in [6.07, 6.45) is 3.23. The van der Waals surface area contributed by atoms with Gasteiger partial charge in [0.15, 0.2) is 0 Å². The Kier molecular flexibility index (Phi) is 2.02. The largest absolute Gasteiger partial charge is 0.506 e. The highest BCUT2D eigenvalue weighted by Crippen LogP contribution is 2.24. The lowest BCUT2D eigenvalue weighted by atomic mass is 10.3. The molecular formula is C8H6BrN3O. The van der Waals surface area contributed by atoms with Crippen molar-refractivity contribution in [1.29, 1.82) is 0 Å². The highest BCUT2D eigenvalue weighted by molar-refractivity contribution is 9.10. The van der Waals surface area contributed by atoms with Gasteiger partial charge < -0.3 is 5.11 Å². The van der Waals surface area contributed by atoms with Gasteiger partial charge in [-0.15, -0.1) is 5.10 Å². The van der Waals surface area contributed by atoms with Gasteiger partial charge in [-0.25, -0.2) is 4.68 Å². The molecule has 0 radical (unpaired) electrons. The molecule has 0 aliphatic rings. The molecule has 0 fully saturated rings. The van der Waals surface area contributed by atoms with E-state index in [1.807, 2.05) is 6.07 Å². The number of hydrogen-bond donors (Lipinski definition) is 1. The molecule has 0 unspecified atom stereocenters. The monoisotopic (exact) mass is 239 g/mol. The van der Waals surface area contributed by atoms with Crippen molar-refractivity contribution in [3.63, 3.8) is 0 Å². The predicted octanol–water partition coefficient (Wildman–Crippen LogP) is 1.74. The molecule has 0 amide bonds. The number of phenolic OH excluding ortho intramolecular Hbond substituents is 1. The minimum Gasteiger partial charge on any atom is -0.506 e. The second-order valence-electron chi connectivity index (χ2n) is 2.48. The van der Waals surface area contributed by atoms with Crippen molar-refractivity contribution in [3.05, 3.63) is 35.1 Å². The zero-order valence-electron chi connectivity index (χ0n) is 6.55. The molecule has 2 aromatic rings. The van der Waals surface area contributed by atoms with Crippen LogP contribution in [0.25, 0.3) is 5.69 Å². The predicted molar refractivity (Wildman–Crippen MR) is 50.7 cm³/mol. The van der Waals surface area contributed by atoms with E-state index in [9.17, 15) is 5.11 Å². The molecule has 0 bridgehead atoms. The molecule has 1 aromatic heterocycles. The zero-order valence-corrected chi connectivity index (χ0v) is 8.14. The van der Waals surface area contributed by atoms with Crippen molar-refractivity contribution in [2.75, 3.05) is 0 Å². The van der Waals surface area contributed by atoms with Crippen LogP contribution in [-0.4, -0.2) is 20.1 Å². The summed E-state index contributed by atoms with van der Waals surface area (Å²) >= 11 is 3.25. The van der Waals surface area contributed by atoms with Gasteiger partial charge in [-0.05, 0) is 18.2 Å². The lowest BCUT2D eigenvalue weighted by molar-refractivity contribution is 0.469. The van der Waals surface area contributed by atoms with Gasteiger partial charge in [0.25, 0.3) is 0 Å². The van der Waals surface area contributed by atoms with Crippen molar-refractivity contribution in [3.8, 4) is 11.4 Å². The number of benzene rings is 1. The Morgan fingerprint density at radius 1 is 1.38 bits per heavy atom. The van der Waals surface area contributed by atoms with Gasteiger partial charge in [0.2, 0.25) is 0 Å². The smallest absolute Gasteiger partial charge is 0.142 e. The molecule has 66 valence electrons. The van der Waals surface area contributed by atoms with Gasteiger partial charge in [-0.2, -0.15) is 0 Å². The van der Waals surface area contributed by atoms with Crippen molar-refractivity contribution >= 4 is 15.9 Å². The number of aromatic nitrogens is 3. The van der Waals surface area contributed by atoms with Crippen LogP contribution in [0.5, 0.6) is 5.75 Å². The van der Waals surface area contributed by atoms with Crippen LogP contribution in [0, 0.1) is 0 Å². The van der Waals surface area contributed by atoms with Gasteiger partial charge in [0.05, 0.1) is 12.4 Å². The molecule has 0 aliphatic heterocycles. The second-order valence-corrected chi connectivity index (χ2v) is 3.40. The summed E-state index contributed by atoms with van der Waals surface area (Å²) in [4.78, 5) is 0. The van der Waals surface area contributed by atoms with Crippen molar-refractivity contribution in [2.45, 2.75) is 0 Å². The van der Waals surface area contributed by atoms with Crippen LogP contribution >= 0.6 is 15.9 Å². The minimum absolute atomic E-state index is 0.167. The van der Waals surface area contributed by atoms with Crippen molar-refractivity contribution in [1.82, 2.24) is 15.0 Å². The quantitative estimate of drug-likeness (QED) is 0.825. The number of nitrogens with zero attached hydrogens (tertiary/aromatic N) is 3. The van der Waals surface area contributed by atoms with Crippen molar-refractivity contribution < 1.29 is 5.11 Å². The minimum atomic E-state index is 0.167. The molecule has 4 nitrogen and oxygen atoms in total. The number of aromatic hydroxyl groups is 1. The van der Waals surface area contributed by atoms with E-state index in [4.69, 9.17) is 0 Å². The summed E-state index contributed by atoms with van der Waals surface area (Å²) in [7, 11) is 0. The highest BCUT2D eigenvalue weighted by Gasteiger charge is 2.03. The Morgan fingerprint density at radius 2 is 2.23 bits per heavy atom. The summed E-state index contributed by atoms with van der Waals surface area (Å²) in [6, 6.07) is 5.20. The van der Waals surface area contributed by atoms with E-state index >= 15 is 0 Å². The van der Waals surface area contributed by atoms with Crippen LogP contribution in [0.3, 0.4) is 0 Å². The molecule has 0 aliphatic carbocycles. The maximum atomic E-state index is 9.54. The lowest BCUT2D eigenvalue weighted by Crippen LogP contribution is -1.94. The first-order valence-corrected chi connectivity index (χ1v) is 4.42. The molecule has 2 rings (SSSR count). The number of halogens is 1. The number of phenols is 1. The zero-order chi connectivity index (χ0) is 9.26. The number of hydrogen-bond acceptors (Lipinski definition) is 3. The first-order valence-electron chi connectivity index (χ1n) is 3.62. The Morgan fingerprint density at radius 3 is 2.85 bits per heavy atom. The third-order valence-electron chi connectivity index (χ3n) is 1.61. The van der Waals surface area contributed by atoms with Crippen LogP contribution < -0.4 is 0 Å². The molecule has 0 saturated heterocycles. The van der Waals surface area contributed by atoms with E-state index in [2.05, 4.69) is 26.2 Å². The summed E-state index contributed by atoms with van der Waals surface area (Å²) < 4.78 is 2.33. The maximum absolute atomic E-state index is 9.54. The fraction of sp³-hybridized carbons (Fsp3) is 0. The lowest BCUT2D eigenvalue weighted by Gasteiger charge is -2.02. The second kappa shape index (κ2) is 3.18. The maximum Gasteiger partial charge on any atom is 0.142 e. The van der Waals surface area contributed by atoms with E-state index in [1.54, 1.807) is 24.5 Å². The van der Waals surface area contributed by atoms with Crippen LogP contribution in [0.15, 0.2) is 35.1 Å². The third kappa shape index (κ3) is 1.55. The SMILES string of the molecule is Oc1cc(Br)ccc1-n1ccnn1. The topological polar surface area (TPSA) is 50.9 Å². The molecule has 1 heterocycles. The van der Waals surface area contributed by atoms with Crippen LogP contribution in [0.4, 0.5) is 0 Å². The molecule has 0 saturated carbocycles. The molecule has 1 aromatic carbocycles. The average molecular weight is 240 g/mol. The van der Waals surface area contributed by atoms with Crippen molar-refractivity contribution in [2.24, 2.45) is 0 Å². The molecular weight excluding hydrogens is 234 g/mol. The standard InChI is InChI=1S/C8H6BrN3O/c9-6-1-2-7(8(13)5-6)12-4-3-10-11-12/h1-5,13H. The van der Waals surface area contributed by atoms with Gasteiger partial charge >= 0.3 is 0 Å².